The summed E-state index contributed by atoms with van der Waals surface area (Å²) in [6, 6.07) is 3.91. The summed E-state index contributed by atoms with van der Waals surface area (Å²) in [4.78, 5) is 0. The molecular weight excluding hydrogens is 204 g/mol. The maximum atomic E-state index is 4.93. The third-order valence-electron chi connectivity index (χ3n) is 2.06. The highest BCUT2D eigenvalue weighted by Crippen LogP contribution is 2.01. The van der Waals surface area contributed by atoms with E-state index < -0.39 is 0 Å². The molecule has 0 amide bonds. The smallest absolute Gasteiger partial charge is 0.148 e. The van der Waals surface area contributed by atoms with E-state index in [1.165, 1.54) is 0 Å². The Hall–Kier alpha value is -1.20. The van der Waals surface area contributed by atoms with E-state index in [1.807, 2.05) is 12.1 Å². The molecule has 90 valence electrons. The fourth-order valence-corrected chi connectivity index (χ4v) is 1.22. The predicted molar refractivity (Wildman–Crippen MR) is 64.4 cm³/mol. The highest BCUT2D eigenvalue weighted by molar-refractivity contribution is 5.32. The Bertz CT molecular complexity index is 247. The normalized spacial score (nSPS) is 10.4. The highest BCUT2D eigenvalue weighted by atomic mass is 16.5. The Morgan fingerprint density at radius 3 is 2.75 bits per heavy atom. The van der Waals surface area contributed by atoms with Crippen LogP contribution in [0.4, 0.5) is 5.82 Å². The lowest BCUT2D eigenvalue weighted by atomic mass is 10.3. The topological polar surface area (TPSA) is 59.1 Å². The summed E-state index contributed by atoms with van der Waals surface area (Å²) < 4.78 is 4.93. The first-order chi connectivity index (χ1) is 7.86. The van der Waals surface area contributed by atoms with Crippen molar-refractivity contribution in [2.45, 2.75) is 19.9 Å². The van der Waals surface area contributed by atoms with E-state index in [2.05, 4.69) is 27.8 Å². The van der Waals surface area contributed by atoms with Crippen LogP contribution in [0.15, 0.2) is 12.1 Å². The molecule has 0 aliphatic carbocycles. The van der Waals surface area contributed by atoms with Gasteiger partial charge in [0.15, 0.2) is 0 Å². The molecule has 0 fully saturated rings. The minimum absolute atomic E-state index is 0.668. The molecule has 1 aromatic rings. The maximum Gasteiger partial charge on any atom is 0.148 e. The third kappa shape index (κ3) is 5.04. The van der Waals surface area contributed by atoms with Crippen LogP contribution in [0, 0.1) is 0 Å². The monoisotopic (exact) mass is 224 g/mol. The quantitative estimate of drug-likeness (QED) is 0.646. The van der Waals surface area contributed by atoms with Crippen LogP contribution in [0.3, 0.4) is 0 Å². The summed E-state index contributed by atoms with van der Waals surface area (Å²) in [5, 5.41) is 14.6. The van der Waals surface area contributed by atoms with Gasteiger partial charge in [-0.05, 0) is 25.1 Å². The van der Waals surface area contributed by atoms with E-state index in [1.54, 1.807) is 7.11 Å². The minimum atomic E-state index is 0.668. The Kier molecular flexibility index (Phi) is 6.44. The molecule has 5 nitrogen and oxygen atoms in total. The molecule has 0 saturated heterocycles. The van der Waals surface area contributed by atoms with Crippen molar-refractivity contribution in [3.63, 3.8) is 0 Å². The molecule has 2 N–H and O–H groups in total. The number of anilines is 1. The lowest BCUT2D eigenvalue weighted by Crippen LogP contribution is -2.15. The maximum absolute atomic E-state index is 4.93. The second kappa shape index (κ2) is 8.01. The molecule has 0 bridgehead atoms. The zero-order valence-electron chi connectivity index (χ0n) is 9.99. The fourth-order valence-electron chi connectivity index (χ4n) is 1.22. The molecule has 1 aromatic heterocycles. The van der Waals surface area contributed by atoms with Crippen LogP contribution in [0.5, 0.6) is 0 Å². The van der Waals surface area contributed by atoms with Crippen LogP contribution in [-0.4, -0.2) is 37.0 Å². The van der Waals surface area contributed by atoms with Crippen LogP contribution in [0.2, 0.25) is 0 Å². The van der Waals surface area contributed by atoms with Gasteiger partial charge in [-0.2, -0.15) is 5.10 Å². The van der Waals surface area contributed by atoms with E-state index in [0.29, 0.717) is 6.61 Å². The number of rotatable bonds is 8. The summed E-state index contributed by atoms with van der Waals surface area (Å²) in [6.45, 7) is 5.34. The van der Waals surface area contributed by atoms with Crippen molar-refractivity contribution in [2.24, 2.45) is 0 Å². The number of aromatic nitrogens is 2. The number of methoxy groups -OCH3 is 1. The standard InChI is InChI=1S/C11H20N4O/c1-3-6-12-9-10-4-5-11(15-14-10)13-7-8-16-2/h4-5,12H,3,6-9H2,1-2H3,(H,13,15). The van der Waals surface area contributed by atoms with Gasteiger partial charge in [0.1, 0.15) is 5.82 Å². The van der Waals surface area contributed by atoms with E-state index in [-0.39, 0.29) is 0 Å². The summed E-state index contributed by atoms with van der Waals surface area (Å²) in [6.07, 6.45) is 1.13. The Labute approximate surface area is 96.6 Å². The van der Waals surface area contributed by atoms with Crippen LogP contribution in [0.25, 0.3) is 0 Å². The molecule has 1 rings (SSSR count). The van der Waals surface area contributed by atoms with E-state index >= 15 is 0 Å². The molecule has 1 heterocycles. The number of ether oxygens (including phenoxy) is 1. The lowest BCUT2D eigenvalue weighted by Gasteiger charge is -2.05. The molecule has 0 unspecified atom stereocenters. The van der Waals surface area contributed by atoms with E-state index in [4.69, 9.17) is 4.74 Å². The third-order valence-corrected chi connectivity index (χ3v) is 2.06. The molecule has 0 aliphatic heterocycles. The van der Waals surface area contributed by atoms with Gasteiger partial charge in [-0.1, -0.05) is 6.92 Å². The summed E-state index contributed by atoms with van der Waals surface area (Å²) in [5.74, 6) is 0.788. The van der Waals surface area contributed by atoms with Crippen molar-refractivity contribution in [1.29, 1.82) is 0 Å². The van der Waals surface area contributed by atoms with Crippen LogP contribution < -0.4 is 10.6 Å². The molecule has 0 spiro atoms. The van der Waals surface area contributed by atoms with Crippen LogP contribution in [0.1, 0.15) is 19.0 Å². The van der Waals surface area contributed by atoms with E-state index in [0.717, 1.165) is 37.6 Å². The molecule has 0 atom stereocenters. The molecule has 0 aliphatic rings. The summed E-state index contributed by atoms with van der Waals surface area (Å²) in [5.41, 5.74) is 0.964. The number of hydrogen-bond acceptors (Lipinski definition) is 5. The molecule has 0 saturated carbocycles. The highest BCUT2D eigenvalue weighted by Gasteiger charge is 1.96. The number of nitrogens with one attached hydrogen (secondary N) is 2. The van der Waals surface area contributed by atoms with Gasteiger partial charge in [0.25, 0.3) is 0 Å². The Balaban J connectivity index is 2.30. The van der Waals surface area contributed by atoms with Crippen molar-refractivity contribution < 1.29 is 4.74 Å². The number of hydrogen-bond donors (Lipinski definition) is 2. The van der Waals surface area contributed by atoms with Crippen molar-refractivity contribution >= 4 is 5.82 Å². The Morgan fingerprint density at radius 2 is 2.12 bits per heavy atom. The first-order valence-corrected chi connectivity index (χ1v) is 5.63. The van der Waals surface area contributed by atoms with Gasteiger partial charge in [0.2, 0.25) is 0 Å². The first-order valence-electron chi connectivity index (χ1n) is 5.63. The van der Waals surface area contributed by atoms with Gasteiger partial charge in [0, 0.05) is 20.2 Å². The zero-order valence-corrected chi connectivity index (χ0v) is 9.99. The largest absolute Gasteiger partial charge is 0.383 e. The molecule has 0 radical (unpaired) electrons. The summed E-state index contributed by atoms with van der Waals surface area (Å²) in [7, 11) is 1.68. The zero-order chi connectivity index (χ0) is 11.6. The SMILES string of the molecule is CCCNCc1ccc(NCCOC)nn1. The second-order valence-electron chi connectivity index (χ2n) is 3.51. The average molecular weight is 224 g/mol. The van der Waals surface area contributed by atoms with Crippen LogP contribution in [-0.2, 0) is 11.3 Å². The number of nitrogens with zero attached hydrogens (tertiary/aromatic N) is 2. The van der Waals surface area contributed by atoms with Crippen molar-refractivity contribution in [1.82, 2.24) is 15.5 Å². The van der Waals surface area contributed by atoms with Crippen molar-refractivity contribution in [3.8, 4) is 0 Å². The van der Waals surface area contributed by atoms with Gasteiger partial charge in [0.05, 0.1) is 12.3 Å². The minimum Gasteiger partial charge on any atom is -0.383 e. The Morgan fingerprint density at radius 1 is 1.25 bits per heavy atom. The lowest BCUT2D eigenvalue weighted by molar-refractivity contribution is 0.210. The van der Waals surface area contributed by atoms with Gasteiger partial charge in [-0.15, -0.1) is 5.10 Å². The van der Waals surface area contributed by atoms with Gasteiger partial charge < -0.3 is 15.4 Å². The van der Waals surface area contributed by atoms with Gasteiger partial charge >= 0.3 is 0 Å². The van der Waals surface area contributed by atoms with Crippen molar-refractivity contribution in [2.75, 3.05) is 32.1 Å². The van der Waals surface area contributed by atoms with Crippen LogP contribution >= 0.6 is 0 Å². The second-order valence-corrected chi connectivity index (χ2v) is 3.51. The molecule has 0 aromatic carbocycles. The molecule has 5 heteroatoms. The predicted octanol–water partition coefficient (Wildman–Crippen LogP) is 1.03. The summed E-state index contributed by atoms with van der Waals surface area (Å²) >= 11 is 0. The fraction of sp³-hybridized carbons (Fsp3) is 0.636. The van der Waals surface area contributed by atoms with Gasteiger partial charge in [-0.3, -0.25) is 0 Å². The van der Waals surface area contributed by atoms with Crippen molar-refractivity contribution in [3.05, 3.63) is 17.8 Å². The average Bonchev–Trinajstić information content (AvgIpc) is 2.32. The van der Waals surface area contributed by atoms with E-state index in [9.17, 15) is 0 Å². The molecule has 16 heavy (non-hydrogen) atoms. The molecular formula is C11H20N4O. The first kappa shape index (κ1) is 12.9. The van der Waals surface area contributed by atoms with Gasteiger partial charge in [-0.25, -0.2) is 0 Å².